The normalized spacial score (nSPS) is 15.8. The number of nitrogens with zero attached hydrogens (tertiary/aromatic N) is 5. The Morgan fingerprint density at radius 1 is 1.07 bits per heavy atom. The van der Waals surface area contributed by atoms with E-state index in [1.165, 1.54) is 0 Å². The molecule has 0 aliphatic carbocycles. The molecule has 136 valence electrons. The number of hydrogen-bond donors (Lipinski definition) is 1. The van der Waals surface area contributed by atoms with E-state index in [2.05, 4.69) is 15.0 Å². The second-order valence-electron chi connectivity index (χ2n) is 6.68. The fraction of sp³-hybridized carbons (Fsp3) is 0.100. The van der Waals surface area contributed by atoms with Crippen LogP contribution < -0.4 is 10.4 Å². The van der Waals surface area contributed by atoms with Gasteiger partial charge in [0.1, 0.15) is 30.2 Å². The zero-order valence-electron chi connectivity index (χ0n) is 14.6. The molecule has 28 heavy (non-hydrogen) atoms. The van der Waals surface area contributed by atoms with Gasteiger partial charge in [-0.25, -0.2) is 14.8 Å². The molecule has 0 fully saturated rings. The van der Waals surface area contributed by atoms with Crippen LogP contribution >= 0.6 is 0 Å². The zero-order valence-corrected chi connectivity index (χ0v) is 14.6. The van der Waals surface area contributed by atoms with Crippen molar-refractivity contribution in [2.75, 3.05) is 6.61 Å². The maximum Gasteiger partial charge on any atom is 0.328 e. The first-order valence-corrected chi connectivity index (χ1v) is 8.91. The Labute approximate surface area is 158 Å². The molecule has 8 nitrogen and oxygen atoms in total. The Morgan fingerprint density at radius 2 is 1.93 bits per heavy atom. The summed E-state index contributed by atoms with van der Waals surface area (Å²) in [6, 6.07) is 15.3. The van der Waals surface area contributed by atoms with E-state index in [1.54, 1.807) is 17.1 Å². The zero-order chi connectivity index (χ0) is 18.7. The van der Waals surface area contributed by atoms with Gasteiger partial charge < -0.3 is 9.72 Å². The van der Waals surface area contributed by atoms with E-state index in [0.29, 0.717) is 23.7 Å². The van der Waals surface area contributed by atoms with Gasteiger partial charge in [0, 0.05) is 5.56 Å². The number of nitrogens with one attached hydrogen (secondary N) is 1. The largest absolute Gasteiger partial charge is 0.491 e. The molecule has 1 aliphatic rings. The first-order valence-electron chi connectivity index (χ1n) is 8.91. The first kappa shape index (κ1) is 15.2. The Hall–Kier alpha value is -3.94. The number of para-hydroxylation sites is 3. The molecule has 0 saturated carbocycles. The summed E-state index contributed by atoms with van der Waals surface area (Å²) in [6.07, 6.45) is 3.32. The van der Waals surface area contributed by atoms with E-state index in [1.807, 2.05) is 53.1 Å². The predicted octanol–water partition coefficient (Wildman–Crippen LogP) is 2.44. The van der Waals surface area contributed by atoms with Gasteiger partial charge in [-0.15, -0.1) is 0 Å². The highest BCUT2D eigenvalue weighted by molar-refractivity contribution is 5.77. The molecule has 0 spiro atoms. The van der Waals surface area contributed by atoms with Crippen molar-refractivity contribution in [1.82, 2.24) is 29.1 Å². The van der Waals surface area contributed by atoms with Gasteiger partial charge in [0.25, 0.3) is 0 Å². The Bertz CT molecular complexity index is 1410. The highest BCUT2D eigenvalue weighted by Crippen LogP contribution is 2.34. The lowest BCUT2D eigenvalue weighted by atomic mass is 10.1. The summed E-state index contributed by atoms with van der Waals surface area (Å²) in [5.74, 6) is 1.25. The minimum atomic E-state index is -0.236. The number of aromatic nitrogens is 6. The molecule has 1 unspecified atom stereocenters. The van der Waals surface area contributed by atoms with Crippen LogP contribution in [-0.2, 0) is 0 Å². The van der Waals surface area contributed by atoms with Crippen molar-refractivity contribution in [3.8, 4) is 11.7 Å². The third kappa shape index (κ3) is 2.05. The number of aromatic amines is 1. The van der Waals surface area contributed by atoms with Gasteiger partial charge in [-0.3, -0.25) is 9.13 Å². The molecule has 3 aromatic heterocycles. The fourth-order valence-electron chi connectivity index (χ4n) is 3.79. The van der Waals surface area contributed by atoms with Crippen LogP contribution in [0, 0.1) is 0 Å². The smallest absolute Gasteiger partial charge is 0.328 e. The predicted molar refractivity (Wildman–Crippen MR) is 103 cm³/mol. The average Bonchev–Trinajstić information content (AvgIpc) is 3.41. The summed E-state index contributed by atoms with van der Waals surface area (Å²) < 4.78 is 9.23. The Morgan fingerprint density at radius 3 is 2.89 bits per heavy atom. The minimum Gasteiger partial charge on any atom is -0.491 e. The topological polar surface area (TPSA) is 90.6 Å². The molecule has 0 radical (unpaired) electrons. The van der Waals surface area contributed by atoms with Crippen molar-refractivity contribution < 1.29 is 4.74 Å². The summed E-state index contributed by atoms with van der Waals surface area (Å²) in [4.78, 5) is 29.1. The maximum absolute atomic E-state index is 12.7. The molecule has 5 aromatic rings. The number of ether oxygens (including phenoxy) is 1. The highest BCUT2D eigenvalue weighted by Gasteiger charge is 2.29. The quantitative estimate of drug-likeness (QED) is 0.515. The van der Waals surface area contributed by atoms with Crippen LogP contribution in [0.2, 0.25) is 0 Å². The van der Waals surface area contributed by atoms with Gasteiger partial charge in [-0.05, 0) is 18.2 Å². The standard InChI is InChI=1S/C20H14N6O2/c27-20-23-14-9-21-19(25-11-22-13-6-2-3-7-15(13)25)24-18(14)26(20)16-10-28-17-8-4-1-5-12(16)17/h1-9,11,16H,10H2,(H,23,27). The summed E-state index contributed by atoms with van der Waals surface area (Å²) in [7, 11) is 0. The van der Waals surface area contributed by atoms with Crippen LogP contribution in [0.5, 0.6) is 5.75 Å². The lowest BCUT2D eigenvalue weighted by molar-refractivity contribution is 0.316. The summed E-state index contributed by atoms with van der Waals surface area (Å²) in [5, 5.41) is 0. The lowest BCUT2D eigenvalue weighted by Crippen LogP contribution is -2.24. The van der Waals surface area contributed by atoms with Gasteiger partial charge in [-0.2, -0.15) is 4.98 Å². The third-order valence-electron chi connectivity index (χ3n) is 5.10. The summed E-state index contributed by atoms with van der Waals surface area (Å²) >= 11 is 0. The van der Waals surface area contributed by atoms with Gasteiger partial charge in [-0.1, -0.05) is 30.3 Å². The first-order chi connectivity index (χ1) is 13.8. The van der Waals surface area contributed by atoms with Gasteiger partial charge in [0.15, 0.2) is 5.65 Å². The van der Waals surface area contributed by atoms with Crippen molar-refractivity contribution in [3.63, 3.8) is 0 Å². The molecule has 0 saturated heterocycles. The van der Waals surface area contributed by atoms with Crippen molar-refractivity contribution in [3.05, 3.63) is 77.1 Å². The number of fused-ring (bicyclic) bond motifs is 3. The Kier molecular flexibility index (Phi) is 2.99. The number of rotatable bonds is 2. The maximum atomic E-state index is 12.7. The molecule has 1 aliphatic heterocycles. The van der Waals surface area contributed by atoms with Crippen LogP contribution in [0.1, 0.15) is 11.6 Å². The molecule has 8 heteroatoms. The number of imidazole rings is 2. The minimum absolute atomic E-state index is 0.234. The van der Waals surface area contributed by atoms with Gasteiger partial charge >= 0.3 is 5.69 Å². The van der Waals surface area contributed by atoms with Crippen LogP contribution in [0.3, 0.4) is 0 Å². The second-order valence-corrected chi connectivity index (χ2v) is 6.68. The van der Waals surface area contributed by atoms with Crippen molar-refractivity contribution in [2.24, 2.45) is 0 Å². The van der Waals surface area contributed by atoms with Crippen LogP contribution in [0.25, 0.3) is 28.1 Å². The molecule has 1 atom stereocenters. The molecule has 6 rings (SSSR count). The van der Waals surface area contributed by atoms with E-state index < -0.39 is 0 Å². The molecule has 0 bridgehead atoms. The average molecular weight is 370 g/mol. The SMILES string of the molecule is O=c1[nH]c2cnc(-n3cnc4ccccc43)nc2n1C1COc2ccccc21. The summed E-state index contributed by atoms with van der Waals surface area (Å²) in [5.41, 5.74) is 3.62. The molecular formula is C20H14N6O2. The van der Waals surface area contributed by atoms with E-state index in [9.17, 15) is 4.79 Å². The van der Waals surface area contributed by atoms with Crippen molar-refractivity contribution in [1.29, 1.82) is 0 Å². The second kappa shape index (κ2) is 5.53. The van der Waals surface area contributed by atoms with Crippen LogP contribution in [-0.4, -0.2) is 35.7 Å². The monoisotopic (exact) mass is 370 g/mol. The fourth-order valence-corrected chi connectivity index (χ4v) is 3.79. The van der Waals surface area contributed by atoms with Gasteiger partial charge in [0.05, 0.1) is 17.2 Å². The highest BCUT2D eigenvalue weighted by atomic mass is 16.5. The van der Waals surface area contributed by atoms with Crippen LogP contribution in [0.4, 0.5) is 0 Å². The van der Waals surface area contributed by atoms with Crippen molar-refractivity contribution >= 4 is 22.2 Å². The van der Waals surface area contributed by atoms with Crippen molar-refractivity contribution in [2.45, 2.75) is 6.04 Å². The molecule has 0 amide bonds. The molecule has 2 aromatic carbocycles. The number of benzene rings is 2. The van der Waals surface area contributed by atoms with E-state index in [-0.39, 0.29) is 11.7 Å². The van der Waals surface area contributed by atoms with Crippen LogP contribution in [0.15, 0.2) is 65.8 Å². The molecular weight excluding hydrogens is 356 g/mol. The number of H-pyrrole nitrogens is 1. The van der Waals surface area contributed by atoms with E-state index in [4.69, 9.17) is 9.72 Å². The summed E-state index contributed by atoms with van der Waals surface area (Å²) in [6.45, 7) is 0.388. The Balaban J connectivity index is 1.57. The van der Waals surface area contributed by atoms with Gasteiger partial charge in [0.2, 0.25) is 5.95 Å². The number of hydrogen-bond acceptors (Lipinski definition) is 5. The van der Waals surface area contributed by atoms with E-state index in [0.717, 1.165) is 22.3 Å². The lowest BCUT2D eigenvalue weighted by Gasteiger charge is -2.11. The molecule has 1 N–H and O–H groups in total. The van der Waals surface area contributed by atoms with E-state index >= 15 is 0 Å². The third-order valence-corrected chi connectivity index (χ3v) is 5.10. The molecule has 4 heterocycles.